The number of aliphatic hydroxyl groups excluding tert-OH is 1. The minimum Gasteiger partial charge on any atom is -0.464 e. The summed E-state index contributed by atoms with van der Waals surface area (Å²) in [7, 11) is -3.48. The second kappa shape index (κ2) is 6.21. The van der Waals surface area contributed by atoms with Gasteiger partial charge in [0, 0.05) is 6.54 Å². The van der Waals surface area contributed by atoms with Gasteiger partial charge in [0.25, 0.3) is 0 Å². The largest absolute Gasteiger partial charge is 0.464 e. The molecular weight excluding hydrogens is 278 g/mol. The molecule has 0 saturated heterocycles. The lowest BCUT2D eigenvalue weighted by Gasteiger charge is -2.10. The quantitative estimate of drug-likeness (QED) is 0.850. The van der Waals surface area contributed by atoms with Gasteiger partial charge in [-0.1, -0.05) is 30.3 Å². The Hall–Kier alpha value is -1.63. The van der Waals surface area contributed by atoms with Crippen molar-refractivity contribution in [3.05, 3.63) is 59.5 Å². The smallest absolute Gasteiger partial charge is 0.215 e. The van der Waals surface area contributed by atoms with Crippen molar-refractivity contribution in [1.82, 2.24) is 4.72 Å². The third-order valence-corrected chi connectivity index (χ3v) is 4.11. The van der Waals surface area contributed by atoms with E-state index in [-0.39, 0.29) is 12.3 Å². The third kappa shape index (κ3) is 4.19. The van der Waals surface area contributed by atoms with Gasteiger partial charge in [0.1, 0.15) is 17.6 Å². The van der Waals surface area contributed by atoms with Gasteiger partial charge in [0.05, 0.1) is 5.75 Å². The Morgan fingerprint density at radius 1 is 1.20 bits per heavy atom. The zero-order chi connectivity index (χ0) is 14.6. The highest BCUT2D eigenvalue weighted by atomic mass is 32.2. The molecule has 108 valence electrons. The van der Waals surface area contributed by atoms with Crippen molar-refractivity contribution in [3.63, 3.8) is 0 Å². The minimum absolute atomic E-state index is 0.109. The summed E-state index contributed by atoms with van der Waals surface area (Å²) in [6.45, 7) is 1.65. The number of rotatable bonds is 6. The van der Waals surface area contributed by atoms with Crippen molar-refractivity contribution in [3.8, 4) is 0 Å². The van der Waals surface area contributed by atoms with Gasteiger partial charge >= 0.3 is 0 Å². The molecule has 0 amide bonds. The predicted molar refractivity (Wildman–Crippen MR) is 75.5 cm³/mol. The molecule has 1 aromatic carbocycles. The van der Waals surface area contributed by atoms with Crippen molar-refractivity contribution in [2.45, 2.75) is 18.8 Å². The average molecular weight is 295 g/mol. The molecule has 0 bridgehead atoms. The zero-order valence-electron chi connectivity index (χ0n) is 11.1. The van der Waals surface area contributed by atoms with E-state index in [0.29, 0.717) is 17.1 Å². The Balaban J connectivity index is 1.92. The van der Waals surface area contributed by atoms with Crippen molar-refractivity contribution >= 4 is 10.0 Å². The fraction of sp³-hybridized carbons (Fsp3) is 0.286. The summed E-state index contributed by atoms with van der Waals surface area (Å²) >= 11 is 0. The van der Waals surface area contributed by atoms with Crippen LogP contribution in [0.2, 0.25) is 0 Å². The summed E-state index contributed by atoms with van der Waals surface area (Å²) in [6, 6.07) is 12.2. The SMILES string of the molecule is Cc1ccc(C(O)CNS(=O)(=O)Cc2ccccc2)o1. The molecule has 2 aromatic rings. The maximum atomic E-state index is 11.9. The zero-order valence-corrected chi connectivity index (χ0v) is 11.9. The Morgan fingerprint density at radius 2 is 1.90 bits per heavy atom. The van der Waals surface area contributed by atoms with Crippen molar-refractivity contribution < 1.29 is 17.9 Å². The van der Waals surface area contributed by atoms with Crippen molar-refractivity contribution in [1.29, 1.82) is 0 Å². The maximum absolute atomic E-state index is 11.9. The molecule has 1 aromatic heterocycles. The molecule has 1 atom stereocenters. The van der Waals surface area contributed by atoms with E-state index in [0.717, 1.165) is 0 Å². The van der Waals surface area contributed by atoms with Crippen LogP contribution in [0, 0.1) is 6.92 Å². The molecule has 5 nitrogen and oxygen atoms in total. The van der Waals surface area contributed by atoms with E-state index in [4.69, 9.17) is 4.42 Å². The van der Waals surface area contributed by atoms with E-state index in [2.05, 4.69) is 4.72 Å². The molecule has 0 radical (unpaired) electrons. The van der Waals surface area contributed by atoms with Gasteiger partial charge in [-0.2, -0.15) is 0 Å². The van der Waals surface area contributed by atoms with Gasteiger partial charge in [0.15, 0.2) is 0 Å². The molecule has 6 heteroatoms. The topological polar surface area (TPSA) is 79.5 Å². The Kier molecular flexibility index (Phi) is 4.59. The molecule has 0 fully saturated rings. The van der Waals surface area contributed by atoms with E-state index in [1.807, 2.05) is 6.07 Å². The Morgan fingerprint density at radius 3 is 2.50 bits per heavy atom. The van der Waals surface area contributed by atoms with Crippen molar-refractivity contribution in [2.75, 3.05) is 6.54 Å². The summed E-state index contributed by atoms with van der Waals surface area (Å²) < 4.78 is 31.4. The first-order valence-electron chi connectivity index (χ1n) is 6.22. The average Bonchev–Trinajstić information content (AvgIpc) is 2.83. The molecular formula is C14H17NO4S. The minimum atomic E-state index is -3.48. The van der Waals surface area contributed by atoms with Crippen molar-refractivity contribution in [2.24, 2.45) is 0 Å². The fourth-order valence-electron chi connectivity index (χ4n) is 1.78. The lowest BCUT2D eigenvalue weighted by Crippen LogP contribution is -2.29. The number of aryl methyl sites for hydroxylation is 1. The van der Waals surface area contributed by atoms with Gasteiger partial charge in [-0.05, 0) is 24.6 Å². The first-order chi connectivity index (χ1) is 9.46. The summed E-state index contributed by atoms with van der Waals surface area (Å²) in [5.41, 5.74) is 0.698. The normalized spacial score (nSPS) is 13.3. The summed E-state index contributed by atoms with van der Waals surface area (Å²) in [4.78, 5) is 0. The van der Waals surface area contributed by atoms with Crippen LogP contribution >= 0.6 is 0 Å². The molecule has 20 heavy (non-hydrogen) atoms. The Labute approximate surface area is 118 Å². The van der Waals surface area contributed by atoms with Crippen LogP contribution < -0.4 is 4.72 Å². The molecule has 0 aliphatic heterocycles. The highest BCUT2D eigenvalue weighted by Gasteiger charge is 2.16. The van der Waals surface area contributed by atoms with Crippen LogP contribution in [0.4, 0.5) is 0 Å². The number of hydrogen-bond donors (Lipinski definition) is 2. The van der Waals surface area contributed by atoms with E-state index >= 15 is 0 Å². The fourth-order valence-corrected chi connectivity index (χ4v) is 2.93. The number of sulfonamides is 1. The highest BCUT2D eigenvalue weighted by Crippen LogP contribution is 2.15. The maximum Gasteiger partial charge on any atom is 0.215 e. The summed E-state index contributed by atoms with van der Waals surface area (Å²) in [5, 5.41) is 9.84. The lowest BCUT2D eigenvalue weighted by molar-refractivity contribution is 0.152. The van der Waals surface area contributed by atoms with Crippen LogP contribution in [0.5, 0.6) is 0 Å². The number of furan rings is 1. The van der Waals surface area contributed by atoms with Crippen LogP contribution in [-0.2, 0) is 15.8 Å². The number of hydrogen-bond acceptors (Lipinski definition) is 4. The van der Waals surface area contributed by atoms with E-state index in [9.17, 15) is 13.5 Å². The monoisotopic (exact) mass is 295 g/mol. The summed E-state index contributed by atoms with van der Waals surface area (Å²) in [6.07, 6.45) is -0.991. The van der Waals surface area contributed by atoms with Crippen LogP contribution in [0.1, 0.15) is 23.2 Å². The molecule has 0 aliphatic carbocycles. The van der Waals surface area contributed by atoms with E-state index < -0.39 is 16.1 Å². The second-order valence-electron chi connectivity index (χ2n) is 4.56. The molecule has 0 aliphatic rings. The standard InChI is InChI=1S/C14H17NO4S/c1-11-7-8-14(19-11)13(16)9-15-20(17,18)10-12-5-3-2-4-6-12/h2-8,13,15-16H,9-10H2,1H3. The number of aliphatic hydroxyl groups is 1. The molecule has 2 N–H and O–H groups in total. The van der Waals surface area contributed by atoms with Gasteiger partial charge in [-0.15, -0.1) is 0 Å². The van der Waals surface area contributed by atoms with Crippen LogP contribution in [0.3, 0.4) is 0 Å². The highest BCUT2D eigenvalue weighted by molar-refractivity contribution is 7.88. The van der Waals surface area contributed by atoms with Gasteiger partial charge in [-0.3, -0.25) is 0 Å². The second-order valence-corrected chi connectivity index (χ2v) is 6.36. The van der Waals surface area contributed by atoms with E-state index in [1.54, 1.807) is 43.3 Å². The molecule has 0 spiro atoms. The van der Waals surface area contributed by atoms with Crippen LogP contribution in [0.25, 0.3) is 0 Å². The van der Waals surface area contributed by atoms with Gasteiger partial charge in [0.2, 0.25) is 10.0 Å². The molecule has 1 heterocycles. The van der Waals surface area contributed by atoms with Gasteiger partial charge < -0.3 is 9.52 Å². The molecule has 2 rings (SSSR count). The van der Waals surface area contributed by atoms with Crippen LogP contribution in [-0.4, -0.2) is 20.1 Å². The Bertz CT molecular complexity index is 649. The molecule has 0 saturated carbocycles. The first kappa shape index (κ1) is 14.8. The summed E-state index contributed by atoms with van der Waals surface area (Å²) in [5.74, 6) is 0.911. The first-order valence-corrected chi connectivity index (χ1v) is 7.87. The third-order valence-electron chi connectivity index (χ3n) is 2.79. The molecule has 1 unspecified atom stereocenters. The van der Waals surface area contributed by atoms with Crippen LogP contribution in [0.15, 0.2) is 46.9 Å². The number of benzene rings is 1. The lowest BCUT2D eigenvalue weighted by atomic mass is 10.2. The number of nitrogens with one attached hydrogen (secondary N) is 1. The predicted octanol–water partition coefficient (Wildman–Crippen LogP) is 1.74. The van der Waals surface area contributed by atoms with Gasteiger partial charge in [-0.25, -0.2) is 13.1 Å². The van der Waals surface area contributed by atoms with E-state index in [1.165, 1.54) is 0 Å².